The van der Waals surface area contributed by atoms with Crippen LogP contribution in [0.25, 0.3) is 0 Å². The Morgan fingerprint density at radius 3 is 2.74 bits per heavy atom. The molecule has 2 unspecified atom stereocenters. The van der Waals surface area contributed by atoms with Crippen LogP contribution >= 0.6 is 12.4 Å². The monoisotopic (exact) mass is 286 g/mol. The van der Waals surface area contributed by atoms with Crippen LogP contribution in [-0.4, -0.2) is 36.0 Å². The van der Waals surface area contributed by atoms with E-state index in [0.717, 1.165) is 31.8 Å². The van der Waals surface area contributed by atoms with E-state index in [-0.39, 0.29) is 12.4 Å². The van der Waals surface area contributed by atoms with Gasteiger partial charge in [0.15, 0.2) is 0 Å². The summed E-state index contributed by atoms with van der Waals surface area (Å²) in [6.45, 7) is 4.24. The maximum absolute atomic E-state index is 12.7. The second-order valence-electron chi connectivity index (χ2n) is 6.51. The molecule has 1 N–H and O–H groups in total. The topological polar surface area (TPSA) is 32.3 Å². The van der Waals surface area contributed by atoms with Crippen molar-refractivity contribution in [3.63, 3.8) is 0 Å². The van der Waals surface area contributed by atoms with Crippen LogP contribution < -0.4 is 5.32 Å². The smallest absolute Gasteiger partial charge is 0.226 e. The first kappa shape index (κ1) is 15.1. The molecule has 0 radical (unpaired) electrons. The molecule has 0 spiro atoms. The number of nitrogens with zero attached hydrogens (tertiary/aromatic N) is 1. The van der Waals surface area contributed by atoms with Crippen LogP contribution in [0.5, 0.6) is 0 Å². The third kappa shape index (κ3) is 3.08. The molecule has 3 fully saturated rings. The van der Waals surface area contributed by atoms with Gasteiger partial charge in [0.25, 0.3) is 0 Å². The lowest BCUT2D eigenvalue weighted by Gasteiger charge is -2.41. The molecular weight excluding hydrogens is 260 g/mol. The zero-order valence-electron chi connectivity index (χ0n) is 11.9. The van der Waals surface area contributed by atoms with Gasteiger partial charge in [0.05, 0.1) is 0 Å². The van der Waals surface area contributed by atoms with Gasteiger partial charge in [-0.25, -0.2) is 0 Å². The lowest BCUT2D eigenvalue weighted by molar-refractivity contribution is -0.141. The zero-order chi connectivity index (χ0) is 12.5. The number of hydrogen-bond donors (Lipinski definition) is 1. The van der Waals surface area contributed by atoms with Crippen molar-refractivity contribution < 1.29 is 4.79 Å². The second-order valence-corrected chi connectivity index (χ2v) is 6.51. The van der Waals surface area contributed by atoms with Gasteiger partial charge in [0.1, 0.15) is 0 Å². The van der Waals surface area contributed by atoms with Gasteiger partial charge in [-0.15, -0.1) is 12.4 Å². The molecule has 1 saturated carbocycles. The molecule has 3 aliphatic rings. The van der Waals surface area contributed by atoms with Crippen LogP contribution in [0, 0.1) is 11.8 Å². The third-order valence-corrected chi connectivity index (χ3v) is 5.25. The molecule has 19 heavy (non-hydrogen) atoms. The molecule has 1 aliphatic carbocycles. The number of nitrogens with one attached hydrogen (secondary N) is 1. The van der Waals surface area contributed by atoms with Gasteiger partial charge in [-0.1, -0.05) is 6.42 Å². The minimum absolute atomic E-state index is 0. The van der Waals surface area contributed by atoms with E-state index in [1.54, 1.807) is 0 Å². The van der Waals surface area contributed by atoms with E-state index in [1.807, 2.05) is 0 Å². The summed E-state index contributed by atoms with van der Waals surface area (Å²) in [5.41, 5.74) is 0. The summed E-state index contributed by atoms with van der Waals surface area (Å²) in [5.74, 6) is 1.59. The first-order chi connectivity index (χ1) is 8.75. The number of carbonyl (C=O) groups is 1. The SMILES string of the molecule is C[C@H]1C[C@@H](C(=O)N2CCCC3CCCC32)CCN1.Cl. The summed E-state index contributed by atoms with van der Waals surface area (Å²) in [7, 11) is 0. The van der Waals surface area contributed by atoms with Crippen molar-refractivity contribution in [1.82, 2.24) is 10.2 Å². The summed E-state index contributed by atoms with van der Waals surface area (Å²) in [5, 5.41) is 3.45. The predicted molar refractivity (Wildman–Crippen MR) is 79.5 cm³/mol. The Kier molecular flexibility index (Phi) is 5.13. The standard InChI is InChI=1S/C15H26N2O.ClH/c1-11-10-13(7-8-16-11)15(18)17-9-3-5-12-4-2-6-14(12)17;/h11-14,16H,2-10H2,1H3;1H/t11-,12?,13-,14?;/m0./s1. The lowest BCUT2D eigenvalue weighted by atomic mass is 9.87. The molecule has 3 rings (SSSR count). The van der Waals surface area contributed by atoms with E-state index in [0.29, 0.717) is 23.9 Å². The molecule has 1 amide bonds. The highest BCUT2D eigenvalue weighted by Crippen LogP contribution is 2.38. The molecule has 0 bridgehead atoms. The van der Waals surface area contributed by atoms with Gasteiger partial charge in [-0.2, -0.15) is 0 Å². The van der Waals surface area contributed by atoms with Crippen molar-refractivity contribution in [2.75, 3.05) is 13.1 Å². The summed E-state index contributed by atoms with van der Waals surface area (Å²) in [6, 6.07) is 1.10. The van der Waals surface area contributed by atoms with E-state index in [9.17, 15) is 4.79 Å². The maximum atomic E-state index is 12.7. The fourth-order valence-electron chi connectivity index (χ4n) is 4.32. The number of carbonyl (C=O) groups excluding carboxylic acids is 1. The number of piperidine rings is 2. The first-order valence-electron chi connectivity index (χ1n) is 7.79. The van der Waals surface area contributed by atoms with E-state index in [4.69, 9.17) is 0 Å². The largest absolute Gasteiger partial charge is 0.339 e. The minimum Gasteiger partial charge on any atom is -0.339 e. The minimum atomic E-state index is 0. The van der Waals surface area contributed by atoms with Crippen molar-refractivity contribution in [2.24, 2.45) is 11.8 Å². The number of likely N-dealkylation sites (tertiary alicyclic amines) is 1. The zero-order valence-corrected chi connectivity index (χ0v) is 12.8. The molecule has 2 heterocycles. The van der Waals surface area contributed by atoms with Crippen molar-refractivity contribution in [1.29, 1.82) is 0 Å². The molecule has 2 aliphatic heterocycles. The number of rotatable bonds is 1. The Balaban J connectivity index is 0.00000133. The number of hydrogen-bond acceptors (Lipinski definition) is 2. The Hall–Kier alpha value is -0.280. The molecule has 0 aromatic rings. The quantitative estimate of drug-likeness (QED) is 0.804. The molecule has 3 nitrogen and oxygen atoms in total. The molecule has 4 atom stereocenters. The molecule has 2 saturated heterocycles. The fraction of sp³-hybridized carbons (Fsp3) is 0.933. The molecular formula is C15H27ClN2O. The van der Waals surface area contributed by atoms with E-state index in [1.165, 1.54) is 32.1 Å². The van der Waals surface area contributed by atoms with Gasteiger partial charge in [0, 0.05) is 24.5 Å². The van der Waals surface area contributed by atoms with E-state index < -0.39 is 0 Å². The molecule has 110 valence electrons. The summed E-state index contributed by atoms with van der Waals surface area (Å²) in [4.78, 5) is 15.0. The Bertz CT molecular complexity index is 323. The van der Waals surface area contributed by atoms with Gasteiger partial charge >= 0.3 is 0 Å². The Labute approximate surface area is 122 Å². The fourth-order valence-corrected chi connectivity index (χ4v) is 4.32. The highest BCUT2D eigenvalue weighted by molar-refractivity contribution is 5.85. The second kappa shape index (κ2) is 6.45. The van der Waals surface area contributed by atoms with Crippen LogP contribution in [0.1, 0.15) is 51.9 Å². The van der Waals surface area contributed by atoms with Crippen LogP contribution in [0.4, 0.5) is 0 Å². The van der Waals surface area contributed by atoms with Crippen LogP contribution in [0.2, 0.25) is 0 Å². The molecule has 0 aromatic heterocycles. The Morgan fingerprint density at radius 2 is 1.95 bits per heavy atom. The first-order valence-corrected chi connectivity index (χ1v) is 7.79. The van der Waals surface area contributed by atoms with Gasteiger partial charge in [0.2, 0.25) is 5.91 Å². The molecule has 4 heteroatoms. The van der Waals surface area contributed by atoms with Crippen molar-refractivity contribution >= 4 is 18.3 Å². The van der Waals surface area contributed by atoms with E-state index >= 15 is 0 Å². The van der Waals surface area contributed by atoms with Crippen molar-refractivity contribution in [2.45, 2.75) is 64.0 Å². The van der Waals surface area contributed by atoms with E-state index in [2.05, 4.69) is 17.1 Å². The average molecular weight is 287 g/mol. The lowest BCUT2D eigenvalue weighted by Crippen LogP contribution is -2.51. The summed E-state index contributed by atoms with van der Waals surface area (Å²) >= 11 is 0. The third-order valence-electron chi connectivity index (χ3n) is 5.25. The van der Waals surface area contributed by atoms with Crippen LogP contribution in [0.3, 0.4) is 0 Å². The van der Waals surface area contributed by atoms with Gasteiger partial charge in [-0.05, 0) is 57.9 Å². The normalized spacial score (nSPS) is 38.5. The van der Waals surface area contributed by atoms with Crippen LogP contribution in [0.15, 0.2) is 0 Å². The van der Waals surface area contributed by atoms with Crippen molar-refractivity contribution in [3.05, 3.63) is 0 Å². The van der Waals surface area contributed by atoms with Gasteiger partial charge in [-0.3, -0.25) is 4.79 Å². The van der Waals surface area contributed by atoms with Crippen molar-refractivity contribution in [3.8, 4) is 0 Å². The highest BCUT2D eigenvalue weighted by atomic mass is 35.5. The number of fused-ring (bicyclic) bond motifs is 1. The Morgan fingerprint density at radius 1 is 1.16 bits per heavy atom. The predicted octanol–water partition coefficient (Wildman–Crippen LogP) is 2.59. The number of halogens is 1. The average Bonchev–Trinajstić information content (AvgIpc) is 2.86. The summed E-state index contributed by atoms with van der Waals surface area (Å²) < 4.78 is 0. The maximum Gasteiger partial charge on any atom is 0.226 e. The summed E-state index contributed by atoms with van der Waals surface area (Å²) in [6.07, 6.45) is 8.62. The van der Waals surface area contributed by atoms with Gasteiger partial charge < -0.3 is 10.2 Å². The van der Waals surface area contributed by atoms with Crippen LogP contribution in [-0.2, 0) is 4.79 Å². The highest BCUT2D eigenvalue weighted by Gasteiger charge is 2.39. The number of amides is 1. The molecule has 0 aromatic carbocycles.